The van der Waals surface area contributed by atoms with Crippen LogP contribution in [-0.2, 0) is 28.5 Å². The lowest BCUT2D eigenvalue weighted by Crippen LogP contribution is -2.40. The third kappa shape index (κ3) is 7.31. The summed E-state index contributed by atoms with van der Waals surface area (Å²) < 4.78 is 27.0. The van der Waals surface area contributed by atoms with Crippen LogP contribution in [0.5, 0.6) is 0 Å². The van der Waals surface area contributed by atoms with E-state index in [1.165, 1.54) is 14.2 Å². The molecular weight excluding hydrogens is 364 g/mol. The maximum atomic E-state index is 12.6. The second kappa shape index (κ2) is 12.6. The Morgan fingerprint density at radius 2 is 1.68 bits per heavy atom. The molecule has 7 heteroatoms. The van der Waals surface area contributed by atoms with E-state index >= 15 is 0 Å². The highest BCUT2D eigenvalue weighted by Gasteiger charge is 2.32. The van der Waals surface area contributed by atoms with Crippen LogP contribution in [0.15, 0.2) is 30.3 Å². The third-order valence-electron chi connectivity index (χ3n) is 4.68. The van der Waals surface area contributed by atoms with E-state index in [-0.39, 0.29) is 31.4 Å². The van der Waals surface area contributed by atoms with Crippen molar-refractivity contribution in [2.45, 2.75) is 56.8 Å². The average molecular weight is 394 g/mol. The molecule has 28 heavy (non-hydrogen) atoms. The van der Waals surface area contributed by atoms with Gasteiger partial charge < -0.3 is 23.7 Å². The van der Waals surface area contributed by atoms with Gasteiger partial charge in [-0.2, -0.15) is 0 Å². The number of benzene rings is 1. The summed E-state index contributed by atoms with van der Waals surface area (Å²) in [5.74, 6) is -0.335. The molecule has 0 saturated heterocycles. The molecule has 1 fully saturated rings. The molecule has 1 aromatic rings. The molecule has 1 aromatic carbocycles. The molecule has 0 radical (unpaired) electrons. The number of hydrogen-bond acceptors (Lipinski definition) is 7. The molecule has 7 nitrogen and oxygen atoms in total. The highest BCUT2D eigenvalue weighted by Crippen LogP contribution is 2.23. The monoisotopic (exact) mass is 394 g/mol. The van der Waals surface area contributed by atoms with Crippen molar-refractivity contribution in [2.24, 2.45) is 0 Å². The summed E-state index contributed by atoms with van der Waals surface area (Å²) in [5, 5.41) is 0. The Morgan fingerprint density at radius 1 is 0.964 bits per heavy atom. The van der Waals surface area contributed by atoms with Crippen molar-refractivity contribution in [3.05, 3.63) is 35.9 Å². The van der Waals surface area contributed by atoms with Gasteiger partial charge in [0.15, 0.2) is 5.78 Å². The largest absolute Gasteiger partial charge is 0.459 e. The van der Waals surface area contributed by atoms with Crippen molar-refractivity contribution in [2.75, 3.05) is 27.8 Å². The van der Waals surface area contributed by atoms with E-state index in [0.717, 1.165) is 6.42 Å². The van der Waals surface area contributed by atoms with Crippen LogP contribution in [0.2, 0.25) is 0 Å². The predicted octanol–water partition coefficient (Wildman–Crippen LogP) is 3.11. The zero-order valence-electron chi connectivity index (χ0n) is 16.6. The van der Waals surface area contributed by atoms with E-state index in [1.807, 2.05) is 18.2 Å². The molecule has 0 N–H and O–H groups in total. The number of methoxy groups -OCH3 is 2. The lowest BCUT2D eigenvalue weighted by atomic mass is 9.94. The maximum absolute atomic E-state index is 12.6. The highest BCUT2D eigenvalue weighted by molar-refractivity contribution is 5.89. The summed E-state index contributed by atoms with van der Waals surface area (Å²) in [6.07, 6.45) is 2.26. The minimum atomic E-state index is -0.723. The average Bonchev–Trinajstić information content (AvgIpc) is 2.72. The van der Waals surface area contributed by atoms with Gasteiger partial charge in [0, 0.05) is 20.6 Å². The van der Waals surface area contributed by atoms with Crippen LogP contribution in [0, 0.1) is 0 Å². The van der Waals surface area contributed by atoms with Gasteiger partial charge in [0.1, 0.15) is 25.8 Å². The molecule has 0 aromatic heterocycles. The molecule has 1 aliphatic rings. The number of carbonyl (C=O) groups is 2. The van der Waals surface area contributed by atoms with E-state index in [9.17, 15) is 9.59 Å². The fraction of sp³-hybridized carbons (Fsp3) is 0.619. The fourth-order valence-corrected chi connectivity index (χ4v) is 3.25. The van der Waals surface area contributed by atoms with E-state index in [1.54, 1.807) is 12.1 Å². The van der Waals surface area contributed by atoms with Crippen molar-refractivity contribution < 1.29 is 33.3 Å². The van der Waals surface area contributed by atoms with Gasteiger partial charge in [0.2, 0.25) is 0 Å². The summed E-state index contributed by atoms with van der Waals surface area (Å²) in [7, 11) is 3.03. The van der Waals surface area contributed by atoms with Crippen molar-refractivity contribution in [3.8, 4) is 0 Å². The Labute approximate surface area is 166 Å². The molecule has 1 saturated carbocycles. The Kier molecular flexibility index (Phi) is 10.1. The lowest BCUT2D eigenvalue weighted by Gasteiger charge is -2.29. The predicted molar refractivity (Wildman–Crippen MR) is 102 cm³/mol. The van der Waals surface area contributed by atoms with Crippen molar-refractivity contribution >= 4 is 11.8 Å². The standard InChI is InChI=1S/C21H30O7/c1-24-14-26-19-13-12-17(28-21(23)16-8-4-3-5-9-16)10-6-7-11-18(22)20(19)27-15-25-2/h3-5,8-9,17,19-20H,6-7,10-15H2,1-2H3. The third-order valence-corrected chi connectivity index (χ3v) is 4.68. The molecule has 0 heterocycles. The van der Waals surface area contributed by atoms with Crippen LogP contribution in [0.3, 0.4) is 0 Å². The second-order valence-corrected chi connectivity index (χ2v) is 6.79. The molecule has 3 atom stereocenters. The minimum Gasteiger partial charge on any atom is -0.459 e. The maximum Gasteiger partial charge on any atom is 0.338 e. The normalized spacial score (nSPS) is 23.9. The first-order valence-electron chi connectivity index (χ1n) is 9.65. The van der Waals surface area contributed by atoms with Gasteiger partial charge in [-0.3, -0.25) is 4.79 Å². The Hall–Kier alpha value is -1.80. The van der Waals surface area contributed by atoms with Crippen LogP contribution in [0.4, 0.5) is 0 Å². The number of ether oxygens (including phenoxy) is 5. The molecule has 156 valence electrons. The van der Waals surface area contributed by atoms with Gasteiger partial charge in [-0.05, 0) is 44.2 Å². The topological polar surface area (TPSA) is 80.3 Å². The fourth-order valence-electron chi connectivity index (χ4n) is 3.25. The number of ketones is 1. The minimum absolute atomic E-state index is 0.00196. The first kappa shape index (κ1) is 22.5. The van der Waals surface area contributed by atoms with Crippen molar-refractivity contribution in [1.29, 1.82) is 0 Å². The first-order chi connectivity index (χ1) is 13.7. The number of esters is 1. The molecule has 0 amide bonds. The molecule has 1 aliphatic carbocycles. The van der Waals surface area contributed by atoms with E-state index in [0.29, 0.717) is 37.7 Å². The molecule has 0 bridgehead atoms. The number of Topliss-reactive ketones (excluding diaryl/α,β-unsaturated/α-hetero) is 1. The molecular formula is C21H30O7. The van der Waals surface area contributed by atoms with Crippen LogP contribution in [0.1, 0.15) is 48.9 Å². The summed E-state index contributed by atoms with van der Waals surface area (Å²) in [4.78, 5) is 25.0. The van der Waals surface area contributed by atoms with Crippen LogP contribution in [0.25, 0.3) is 0 Å². The summed E-state index contributed by atoms with van der Waals surface area (Å²) in [6.45, 7) is 0.0644. The summed E-state index contributed by atoms with van der Waals surface area (Å²) >= 11 is 0. The van der Waals surface area contributed by atoms with Crippen LogP contribution < -0.4 is 0 Å². The van der Waals surface area contributed by atoms with Gasteiger partial charge in [0.05, 0.1) is 11.7 Å². The first-order valence-corrected chi connectivity index (χ1v) is 9.65. The van der Waals surface area contributed by atoms with Gasteiger partial charge in [-0.1, -0.05) is 18.2 Å². The number of hydrogen-bond donors (Lipinski definition) is 0. The summed E-state index contributed by atoms with van der Waals surface area (Å²) in [6, 6.07) is 8.94. The van der Waals surface area contributed by atoms with Crippen LogP contribution >= 0.6 is 0 Å². The van der Waals surface area contributed by atoms with E-state index in [2.05, 4.69) is 0 Å². The van der Waals surface area contributed by atoms with E-state index < -0.39 is 12.2 Å². The SMILES string of the molecule is COCOC1CCC(OC(=O)c2ccccc2)CCCCC(=O)C1OCOC. The van der Waals surface area contributed by atoms with Gasteiger partial charge in [-0.25, -0.2) is 4.79 Å². The van der Waals surface area contributed by atoms with Crippen molar-refractivity contribution in [1.82, 2.24) is 0 Å². The molecule has 0 aliphatic heterocycles. The Balaban J connectivity index is 2.05. The Morgan fingerprint density at radius 3 is 2.39 bits per heavy atom. The van der Waals surface area contributed by atoms with Gasteiger partial charge in [0.25, 0.3) is 0 Å². The van der Waals surface area contributed by atoms with E-state index in [4.69, 9.17) is 23.7 Å². The smallest absolute Gasteiger partial charge is 0.338 e. The zero-order chi connectivity index (χ0) is 20.2. The zero-order valence-corrected chi connectivity index (χ0v) is 16.6. The molecule has 2 rings (SSSR count). The molecule has 3 unspecified atom stereocenters. The highest BCUT2D eigenvalue weighted by atomic mass is 16.7. The molecule has 0 spiro atoms. The Bertz CT molecular complexity index is 590. The number of carbonyl (C=O) groups excluding carboxylic acids is 2. The summed E-state index contributed by atoms with van der Waals surface area (Å²) in [5.41, 5.74) is 0.531. The number of rotatable bonds is 8. The second-order valence-electron chi connectivity index (χ2n) is 6.79. The van der Waals surface area contributed by atoms with Gasteiger partial charge >= 0.3 is 5.97 Å². The van der Waals surface area contributed by atoms with Crippen LogP contribution in [-0.4, -0.2) is 57.9 Å². The quantitative estimate of drug-likeness (QED) is 0.495. The lowest BCUT2D eigenvalue weighted by molar-refractivity contribution is -0.173. The van der Waals surface area contributed by atoms with Gasteiger partial charge in [-0.15, -0.1) is 0 Å². The van der Waals surface area contributed by atoms with Crippen molar-refractivity contribution in [3.63, 3.8) is 0 Å².